The zero-order valence-corrected chi connectivity index (χ0v) is 17.6. The number of hydrogen-bond acceptors (Lipinski definition) is 7. The Labute approximate surface area is 174 Å². The maximum Gasteiger partial charge on any atom is 0.244 e. The van der Waals surface area contributed by atoms with Gasteiger partial charge in [0.05, 0.1) is 23.2 Å². The SMILES string of the molecule is Cc1nc(C(C)(C)NC(=O)/C=C/c2ccc(S(=O)(=O)NCc3ccco3)cc2)no1. The zero-order chi connectivity index (χ0) is 21.8. The van der Waals surface area contributed by atoms with E-state index >= 15 is 0 Å². The van der Waals surface area contributed by atoms with Crippen molar-refractivity contribution in [2.75, 3.05) is 0 Å². The number of amides is 1. The van der Waals surface area contributed by atoms with Crippen LogP contribution in [0.5, 0.6) is 0 Å². The average Bonchev–Trinajstić information content (AvgIpc) is 3.37. The van der Waals surface area contributed by atoms with Gasteiger partial charge in [0.25, 0.3) is 0 Å². The van der Waals surface area contributed by atoms with Gasteiger partial charge in [-0.1, -0.05) is 17.3 Å². The van der Waals surface area contributed by atoms with E-state index in [0.29, 0.717) is 23.0 Å². The largest absolute Gasteiger partial charge is 0.468 e. The second-order valence-corrected chi connectivity index (χ2v) is 8.82. The standard InChI is InChI=1S/C20H22N4O5S/c1-14-22-19(24-29-14)20(2,3)23-18(25)11-8-15-6-9-17(10-7-15)30(26,27)21-13-16-5-4-12-28-16/h4-12,21H,13H2,1-3H3,(H,23,25)/b11-8+. The lowest BCUT2D eigenvalue weighted by Crippen LogP contribution is -2.41. The third-order valence-corrected chi connectivity index (χ3v) is 5.57. The average molecular weight is 430 g/mol. The van der Waals surface area contributed by atoms with Gasteiger partial charge in [-0.15, -0.1) is 0 Å². The monoisotopic (exact) mass is 430 g/mol. The van der Waals surface area contributed by atoms with E-state index < -0.39 is 15.6 Å². The molecular formula is C20H22N4O5S. The lowest BCUT2D eigenvalue weighted by molar-refractivity contribution is -0.118. The van der Waals surface area contributed by atoms with Crippen molar-refractivity contribution in [3.63, 3.8) is 0 Å². The van der Waals surface area contributed by atoms with Crippen molar-refractivity contribution in [1.29, 1.82) is 0 Å². The molecule has 0 saturated heterocycles. The lowest BCUT2D eigenvalue weighted by atomic mass is 10.0. The van der Waals surface area contributed by atoms with Crippen LogP contribution in [0.2, 0.25) is 0 Å². The van der Waals surface area contributed by atoms with Crippen molar-refractivity contribution in [2.24, 2.45) is 0 Å². The van der Waals surface area contributed by atoms with Gasteiger partial charge in [-0.2, -0.15) is 4.98 Å². The van der Waals surface area contributed by atoms with Crippen LogP contribution in [0.15, 0.2) is 62.6 Å². The first kappa shape index (κ1) is 21.5. The fourth-order valence-corrected chi connectivity index (χ4v) is 3.54. The summed E-state index contributed by atoms with van der Waals surface area (Å²) in [6.45, 7) is 5.26. The van der Waals surface area contributed by atoms with Crippen molar-refractivity contribution in [3.8, 4) is 0 Å². The van der Waals surface area contributed by atoms with Crippen LogP contribution in [0, 0.1) is 6.92 Å². The van der Waals surface area contributed by atoms with E-state index in [0.717, 1.165) is 0 Å². The van der Waals surface area contributed by atoms with Gasteiger partial charge in [0.15, 0.2) is 5.82 Å². The van der Waals surface area contributed by atoms with Gasteiger partial charge in [0.2, 0.25) is 21.8 Å². The molecule has 1 aromatic carbocycles. The third-order valence-electron chi connectivity index (χ3n) is 4.16. The highest BCUT2D eigenvalue weighted by Gasteiger charge is 2.27. The smallest absolute Gasteiger partial charge is 0.244 e. The highest BCUT2D eigenvalue weighted by molar-refractivity contribution is 7.89. The minimum Gasteiger partial charge on any atom is -0.468 e. The minimum atomic E-state index is -3.67. The predicted molar refractivity (Wildman–Crippen MR) is 108 cm³/mol. The molecule has 2 aromatic heterocycles. The van der Waals surface area contributed by atoms with Gasteiger partial charge in [-0.25, -0.2) is 13.1 Å². The molecule has 0 aliphatic heterocycles. The van der Waals surface area contributed by atoms with E-state index in [2.05, 4.69) is 20.2 Å². The summed E-state index contributed by atoms with van der Waals surface area (Å²) in [4.78, 5) is 16.5. The predicted octanol–water partition coefficient (Wildman–Crippen LogP) is 2.51. The molecule has 0 atom stereocenters. The van der Waals surface area contributed by atoms with Crippen LogP contribution in [0.25, 0.3) is 6.08 Å². The Kier molecular flexibility index (Phi) is 6.18. The summed E-state index contributed by atoms with van der Waals surface area (Å²) in [5.41, 5.74) is -0.139. The summed E-state index contributed by atoms with van der Waals surface area (Å²) in [6, 6.07) is 9.52. The van der Waals surface area contributed by atoms with Gasteiger partial charge >= 0.3 is 0 Å². The highest BCUT2D eigenvalue weighted by Crippen LogP contribution is 2.17. The minimum absolute atomic E-state index is 0.0623. The zero-order valence-electron chi connectivity index (χ0n) is 16.7. The molecule has 0 saturated carbocycles. The highest BCUT2D eigenvalue weighted by atomic mass is 32.2. The number of furan rings is 1. The third kappa shape index (κ3) is 5.43. The number of carbonyl (C=O) groups excluding carboxylic acids is 1. The van der Waals surface area contributed by atoms with Crippen molar-refractivity contribution >= 4 is 22.0 Å². The Morgan fingerprint density at radius 3 is 2.53 bits per heavy atom. The Hall–Kier alpha value is -3.24. The van der Waals surface area contributed by atoms with Crippen LogP contribution in [-0.4, -0.2) is 24.5 Å². The Morgan fingerprint density at radius 2 is 1.93 bits per heavy atom. The molecule has 30 heavy (non-hydrogen) atoms. The van der Waals surface area contributed by atoms with Crippen LogP contribution in [0.1, 0.15) is 36.9 Å². The first-order chi connectivity index (χ1) is 14.2. The number of hydrogen-bond donors (Lipinski definition) is 2. The summed E-state index contributed by atoms with van der Waals surface area (Å²) in [5.74, 6) is 0.956. The quantitative estimate of drug-likeness (QED) is 0.526. The van der Waals surface area contributed by atoms with Gasteiger partial charge in [-0.3, -0.25) is 4.79 Å². The molecule has 0 aliphatic rings. The summed E-state index contributed by atoms with van der Waals surface area (Å²) in [5, 5.41) is 6.63. The van der Waals surface area contributed by atoms with Crippen molar-refractivity contribution in [2.45, 2.75) is 37.8 Å². The first-order valence-electron chi connectivity index (χ1n) is 9.09. The number of nitrogens with zero attached hydrogens (tertiary/aromatic N) is 2. The van der Waals surface area contributed by atoms with Crippen LogP contribution in [0.3, 0.4) is 0 Å². The Bertz CT molecular complexity index is 1130. The summed E-state index contributed by atoms with van der Waals surface area (Å²) in [6.07, 6.45) is 4.41. The summed E-state index contributed by atoms with van der Waals surface area (Å²) < 4.78 is 37.2. The maximum absolute atomic E-state index is 12.3. The van der Waals surface area contributed by atoms with E-state index in [-0.39, 0.29) is 17.3 Å². The molecular weight excluding hydrogens is 408 g/mol. The first-order valence-corrected chi connectivity index (χ1v) is 10.6. The molecule has 158 valence electrons. The summed E-state index contributed by atoms with van der Waals surface area (Å²) >= 11 is 0. The number of rotatable bonds is 8. The second-order valence-electron chi connectivity index (χ2n) is 7.06. The van der Waals surface area contributed by atoms with Crippen LogP contribution >= 0.6 is 0 Å². The molecule has 9 nitrogen and oxygen atoms in total. The number of aromatic nitrogens is 2. The second kappa shape index (κ2) is 8.64. The maximum atomic E-state index is 12.3. The molecule has 0 unspecified atom stereocenters. The molecule has 0 fully saturated rings. The molecule has 0 radical (unpaired) electrons. The van der Waals surface area contributed by atoms with Gasteiger partial charge < -0.3 is 14.3 Å². The molecule has 0 bridgehead atoms. The molecule has 3 aromatic rings. The van der Waals surface area contributed by atoms with Gasteiger partial charge in [0.1, 0.15) is 5.76 Å². The Morgan fingerprint density at radius 1 is 1.20 bits per heavy atom. The van der Waals surface area contributed by atoms with Crippen molar-refractivity contribution in [1.82, 2.24) is 20.2 Å². The fourth-order valence-electron chi connectivity index (χ4n) is 2.55. The molecule has 1 amide bonds. The number of nitrogens with one attached hydrogen (secondary N) is 2. The van der Waals surface area contributed by atoms with E-state index in [1.807, 2.05) is 0 Å². The number of aryl methyl sites for hydroxylation is 1. The topological polar surface area (TPSA) is 127 Å². The van der Waals surface area contributed by atoms with Crippen LogP contribution in [-0.2, 0) is 26.9 Å². The molecule has 0 aliphatic carbocycles. The van der Waals surface area contributed by atoms with Crippen molar-refractivity contribution < 1.29 is 22.2 Å². The number of carbonyl (C=O) groups is 1. The van der Waals surface area contributed by atoms with Crippen LogP contribution < -0.4 is 10.0 Å². The van der Waals surface area contributed by atoms with E-state index in [1.54, 1.807) is 51.1 Å². The summed E-state index contributed by atoms with van der Waals surface area (Å²) in [7, 11) is -3.67. The molecule has 0 spiro atoms. The molecule has 3 rings (SSSR count). The number of benzene rings is 1. The van der Waals surface area contributed by atoms with E-state index in [4.69, 9.17) is 8.94 Å². The normalized spacial score (nSPS) is 12.4. The van der Waals surface area contributed by atoms with E-state index in [1.165, 1.54) is 24.5 Å². The van der Waals surface area contributed by atoms with Gasteiger partial charge in [-0.05, 0) is 49.8 Å². The fraction of sp³-hybridized carbons (Fsp3) is 0.250. The molecule has 2 heterocycles. The van der Waals surface area contributed by atoms with Gasteiger partial charge in [0, 0.05) is 13.0 Å². The van der Waals surface area contributed by atoms with E-state index in [9.17, 15) is 13.2 Å². The molecule has 10 heteroatoms. The number of sulfonamides is 1. The lowest BCUT2D eigenvalue weighted by Gasteiger charge is -2.21. The Balaban J connectivity index is 1.60. The molecule has 2 N–H and O–H groups in total. The van der Waals surface area contributed by atoms with Crippen molar-refractivity contribution in [3.05, 3.63) is 71.8 Å². The van der Waals surface area contributed by atoms with Crippen LogP contribution in [0.4, 0.5) is 0 Å².